The van der Waals surface area contributed by atoms with Crippen molar-refractivity contribution >= 4 is 53.3 Å². The molecule has 0 saturated carbocycles. The summed E-state index contributed by atoms with van der Waals surface area (Å²) in [6.45, 7) is 1.54. The molecule has 0 unspecified atom stereocenters. The molecule has 1 N–H and O–H groups in total. The van der Waals surface area contributed by atoms with Crippen LogP contribution in [0.15, 0.2) is 57.9 Å². The van der Waals surface area contributed by atoms with Crippen molar-refractivity contribution in [2.75, 3.05) is 14.8 Å². The molecule has 138 valence electrons. The van der Waals surface area contributed by atoms with Crippen molar-refractivity contribution in [3.05, 3.63) is 53.0 Å². The second-order valence-electron chi connectivity index (χ2n) is 5.89. The molecule has 3 rings (SSSR count). The van der Waals surface area contributed by atoms with Crippen molar-refractivity contribution in [3.8, 4) is 0 Å². The normalized spacial score (nSPS) is 19.5. The van der Waals surface area contributed by atoms with Gasteiger partial charge in [0.05, 0.1) is 22.3 Å². The van der Waals surface area contributed by atoms with Gasteiger partial charge in [0.25, 0.3) is 10.0 Å². The molecular formula is C16H15BrN2O5S2. The van der Waals surface area contributed by atoms with Gasteiger partial charge in [-0.25, -0.2) is 21.1 Å². The monoisotopic (exact) mass is 458 g/mol. The van der Waals surface area contributed by atoms with Crippen LogP contribution in [0.25, 0.3) is 0 Å². The van der Waals surface area contributed by atoms with Crippen LogP contribution in [0.2, 0.25) is 0 Å². The van der Waals surface area contributed by atoms with Gasteiger partial charge in [-0.15, -0.1) is 0 Å². The number of carbonyl (C=O) groups excluding carboxylic acids is 1. The van der Waals surface area contributed by atoms with Gasteiger partial charge in [0.15, 0.2) is 0 Å². The third kappa shape index (κ3) is 3.62. The van der Waals surface area contributed by atoms with E-state index in [2.05, 4.69) is 20.7 Å². The minimum atomic E-state index is -3.85. The summed E-state index contributed by atoms with van der Waals surface area (Å²) < 4.78 is 53.0. The lowest BCUT2D eigenvalue weighted by Crippen LogP contribution is -2.30. The molecule has 26 heavy (non-hydrogen) atoms. The molecule has 7 nitrogen and oxygen atoms in total. The molecule has 1 aliphatic rings. The lowest BCUT2D eigenvalue weighted by atomic mass is 10.2. The van der Waals surface area contributed by atoms with E-state index in [1.54, 1.807) is 31.2 Å². The van der Waals surface area contributed by atoms with Crippen LogP contribution >= 0.6 is 15.9 Å². The fourth-order valence-electron chi connectivity index (χ4n) is 2.61. The summed E-state index contributed by atoms with van der Waals surface area (Å²) in [7, 11) is -7.57. The van der Waals surface area contributed by atoms with Crippen molar-refractivity contribution in [2.45, 2.75) is 11.8 Å². The minimum absolute atomic E-state index is 0.0432. The van der Waals surface area contributed by atoms with Crippen LogP contribution in [0, 0.1) is 5.92 Å². The van der Waals surface area contributed by atoms with Crippen molar-refractivity contribution in [3.63, 3.8) is 0 Å². The molecule has 0 aliphatic carbocycles. The molecule has 0 spiro atoms. The molecule has 10 heteroatoms. The topological polar surface area (TPSA) is 101 Å². The third-order valence-corrected chi connectivity index (χ3v) is 7.58. The van der Waals surface area contributed by atoms with Crippen LogP contribution in [-0.4, -0.2) is 28.5 Å². The van der Waals surface area contributed by atoms with E-state index < -0.39 is 31.9 Å². The van der Waals surface area contributed by atoms with Gasteiger partial charge in [0, 0.05) is 10.2 Å². The second-order valence-corrected chi connectivity index (χ2v) is 10.4. The number of rotatable bonds is 4. The van der Waals surface area contributed by atoms with Crippen molar-refractivity contribution < 1.29 is 21.6 Å². The van der Waals surface area contributed by atoms with Gasteiger partial charge in [0.1, 0.15) is 0 Å². The molecule has 1 saturated heterocycles. The predicted octanol–water partition coefficient (Wildman–Crippen LogP) is 2.56. The number of hydrogen-bond acceptors (Lipinski definition) is 5. The van der Waals surface area contributed by atoms with E-state index in [1.807, 2.05) is 0 Å². The number of anilines is 2. The van der Waals surface area contributed by atoms with E-state index in [-0.39, 0.29) is 16.3 Å². The van der Waals surface area contributed by atoms with Crippen molar-refractivity contribution in [1.29, 1.82) is 0 Å². The first-order valence-corrected chi connectivity index (χ1v) is 11.4. The first kappa shape index (κ1) is 18.9. The lowest BCUT2D eigenvalue weighted by molar-refractivity contribution is -0.119. The number of nitrogens with one attached hydrogen (secondary N) is 1. The summed E-state index contributed by atoms with van der Waals surface area (Å²) in [6, 6.07) is 11.8. The maximum atomic E-state index is 12.5. The highest BCUT2D eigenvalue weighted by Gasteiger charge is 2.41. The molecule has 1 amide bonds. The highest BCUT2D eigenvalue weighted by Crippen LogP contribution is 2.29. The van der Waals surface area contributed by atoms with Crippen LogP contribution in [0.3, 0.4) is 0 Å². The van der Waals surface area contributed by atoms with Crippen LogP contribution in [0.1, 0.15) is 6.92 Å². The van der Waals surface area contributed by atoms with E-state index >= 15 is 0 Å². The maximum absolute atomic E-state index is 12.5. The predicted molar refractivity (Wildman–Crippen MR) is 102 cm³/mol. The zero-order chi connectivity index (χ0) is 19.1. The molecule has 1 aliphatic heterocycles. The van der Waals surface area contributed by atoms with E-state index in [0.29, 0.717) is 5.69 Å². The summed E-state index contributed by atoms with van der Waals surface area (Å²) in [6.07, 6.45) is 0. The zero-order valence-electron chi connectivity index (χ0n) is 13.6. The molecule has 2 aromatic rings. The summed E-state index contributed by atoms with van der Waals surface area (Å²) >= 11 is 3.27. The van der Waals surface area contributed by atoms with Gasteiger partial charge in [-0.2, -0.15) is 0 Å². The first-order valence-electron chi connectivity index (χ1n) is 7.55. The standard InChI is InChI=1S/C16H15BrN2O5S2/c1-11-10-25(21,22)19(16(11)20)14-5-7-15(8-6-14)26(23,24)18-13-4-2-3-12(17)9-13/h2-9,11,18H,10H2,1H3/t11-/m1/s1. The minimum Gasteiger partial charge on any atom is -0.280 e. The van der Waals surface area contributed by atoms with E-state index in [0.717, 1.165) is 8.78 Å². The Morgan fingerprint density at radius 3 is 2.35 bits per heavy atom. The van der Waals surface area contributed by atoms with Crippen molar-refractivity contribution in [2.24, 2.45) is 5.92 Å². The number of carbonyl (C=O) groups is 1. The van der Waals surface area contributed by atoms with Crippen molar-refractivity contribution in [1.82, 2.24) is 0 Å². The fourth-order valence-corrected chi connectivity index (χ4v) is 5.88. The van der Waals surface area contributed by atoms with E-state index in [1.165, 1.54) is 24.3 Å². The Morgan fingerprint density at radius 2 is 1.81 bits per heavy atom. The average molecular weight is 459 g/mol. The van der Waals surface area contributed by atoms with Gasteiger partial charge in [0.2, 0.25) is 15.9 Å². The van der Waals surface area contributed by atoms with Crippen LogP contribution in [-0.2, 0) is 24.8 Å². The quantitative estimate of drug-likeness (QED) is 0.758. The number of nitrogens with zero attached hydrogens (tertiary/aromatic N) is 1. The third-order valence-electron chi connectivity index (χ3n) is 3.82. The Labute approximate surface area is 160 Å². The number of sulfonamides is 2. The Morgan fingerprint density at radius 1 is 1.15 bits per heavy atom. The van der Waals surface area contributed by atoms with Gasteiger partial charge >= 0.3 is 0 Å². The van der Waals surface area contributed by atoms with Gasteiger partial charge in [-0.05, 0) is 42.5 Å². The summed E-state index contributed by atoms with van der Waals surface area (Å²) in [5.74, 6) is -1.40. The number of amides is 1. The molecule has 1 heterocycles. The number of benzene rings is 2. The fraction of sp³-hybridized carbons (Fsp3) is 0.188. The average Bonchev–Trinajstić information content (AvgIpc) is 2.74. The Bertz CT molecular complexity index is 1070. The largest absolute Gasteiger partial charge is 0.280 e. The molecule has 1 fully saturated rings. The molecular weight excluding hydrogens is 444 g/mol. The molecule has 0 bridgehead atoms. The summed E-state index contributed by atoms with van der Waals surface area (Å²) in [5.41, 5.74) is 0.510. The van der Waals surface area contributed by atoms with Gasteiger partial charge in [-0.1, -0.05) is 28.9 Å². The molecule has 0 aromatic heterocycles. The molecule has 1 atom stereocenters. The van der Waals surface area contributed by atoms with Gasteiger partial charge < -0.3 is 0 Å². The van der Waals surface area contributed by atoms with E-state index in [4.69, 9.17) is 0 Å². The maximum Gasteiger partial charge on any atom is 0.261 e. The highest BCUT2D eigenvalue weighted by atomic mass is 79.9. The van der Waals surface area contributed by atoms with Crippen LogP contribution < -0.4 is 9.03 Å². The van der Waals surface area contributed by atoms with Crippen LogP contribution in [0.5, 0.6) is 0 Å². The van der Waals surface area contributed by atoms with Gasteiger partial charge in [-0.3, -0.25) is 9.52 Å². The smallest absolute Gasteiger partial charge is 0.261 e. The summed E-state index contributed by atoms with van der Waals surface area (Å²) in [4.78, 5) is 12.0. The first-order chi connectivity index (χ1) is 12.1. The highest BCUT2D eigenvalue weighted by molar-refractivity contribution is 9.10. The second kappa shape index (κ2) is 6.67. The lowest BCUT2D eigenvalue weighted by Gasteiger charge is -2.16. The molecule has 2 aromatic carbocycles. The summed E-state index contributed by atoms with van der Waals surface area (Å²) in [5, 5.41) is 0. The van der Waals surface area contributed by atoms with Crippen LogP contribution in [0.4, 0.5) is 11.4 Å². The number of halogens is 1. The Hall–Kier alpha value is -1.91. The Kier molecular flexibility index (Phi) is 4.84. The van der Waals surface area contributed by atoms with E-state index in [9.17, 15) is 21.6 Å². The number of hydrogen-bond donors (Lipinski definition) is 1. The zero-order valence-corrected chi connectivity index (χ0v) is 16.8. The molecule has 0 radical (unpaired) electrons. The Balaban J connectivity index is 1.89. The SMILES string of the molecule is C[C@@H]1CS(=O)(=O)N(c2ccc(S(=O)(=O)Nc3cccc(Br)c3)cc2)C1=O.